The molecule has 3 rings (SSSR count). The van der Waals surface area contributed by atoms with Gasteiger partial charge in [-0.05, 0) is 31.4 Å². The van der Waals surface area contributed by atoms with E-state index in [-0.39, 0.29) is 17.9 Å². The Morgan fingerprint density at radius 1 is 1.23 bits per heavy atom. The first-order chi connectivity index (χ1) is 12.6. The number of nitrogens with one attached hydrogen (secondary N) is 1. The molecule has 2 amide bonds. The van der Waals surface area contributed by atoms with E-state index < -0.39 is 6.10 Å². The maximum absolute atomic E-state index is 12.3. The molecule has 1 aliphatic heterocycles. The van der Waals surface area contributed by atoms with Gasteiger partial charge in [-0.2, -0.15) is 0 Å². The van der Waals surface area contributed by atoms with E-state index in [9.17, 15) is 9.59 Å². The number of piperidine rings is 1. The van der Waals surface area contributed by atoms with Crippen LogP contribution in [0.2, 0.25) is 0 Å². The number of hydrogen-bond donors (Lipinski definition) is 1. The predicted molar refractivity (Wildman–Crippen MR) is 96.5 cm³/mol. The number of ether oxygens (including phenoxy) is 1. The molecule has 2 heterocycles. The van der Waals surface area contributed by atoms with Crippen LogP contribution in [0.4, 0.5) is 0 Å². The molecule has 6 heteroatoms. The number of amides is 2. The van der Waals surface area contributed by atoms with Gasteiger partial charge in [-0.25, -0.2) is 0 Å². The summed E-state index contributed by atoms with van der Waals surface area (Å²) < 4.78 is 10.6. The van der Waals surface area contributed by atoms with Crippen LogP contribution in [-0.2, 0) is 16.1 Å². The molecule has 138 valence electrons. The van der Waals surface area contributed by atoms with E-state index in [4.69, 9.17) is 9.15 Å². The Labute approximate surface area is 153 Å². The van der Waals surface area contributed by atoms with Crippen LogP contribution in [0.3, 0.4) is 0 Å². The van der Waals surface area contributed by atoms with Crippen molar-refractivity contribution >= 4 is 11.8 Å². The van der Waals surface area contributed by atoms with E-state index in [1.165, 1.54) is 12.5 Å². The predicted octanol–water partition coefficient (Wildman–Crippen LogP) is 2.61. The molecular weight excluding hydrogens is 332 g/mol. The lowest BCUT2D eigenvalue weighted by molar-refractivity contribution is -0.133. The van der Waals surface area contributed by atoms with E-state index >= 15 is 0 Å². The number of benzene rings is 1. The molecule has 1 aromatic heterocycles. The molecule has 0 saturated carbocycles. The van der Waals surface area contributed by atoms with Crippen molar-refractivity contribution in [1.29, 1.82) is 0 Å². The van der Waals surface area contributed by atoms with Crippen molar-refractivity contribution in [2.75, 3.05) is 13.1 Å². The van der Waals surface area contributed by atoms with Crippen LogP contribution < -0.4 is 5.32 Å². The highest BCUT2D eigenvalue weighted by atomic mass is 16.5. The number of rotatable bonds is 6. The Balaban J connectivity index is 1.40. The minimum Gasteiger partial charge on any atom is -0.472 e. The lowest BCUT2D eigenvalue weighted by atomic mass is 10.0. The molecule has 6 nitrogen and oxygen atoms in total. The molecule has 1 N–H and O–H groups in total. The van der Waals surface area contributed by atoms with Gasteiger partial charge in [0.25, 0.3) is 5.91 Å². The van der Waals surface area contributed by atoms with E-state index in [2.05, 4.69) is 5.32 Å². The van der Waals surface area contributed by atoms with Gasteiger partial charge in [-0.15, -0.1) is 0 Å². The Morgan fingerprint density at radius 2 is 1.96 bits per heavy atom. The Hall–Kier alpha value is -2.60. The third-order valence-corrected chi connectivity index (χ3v) is 4.61. The number of furan rings is 1. The highest BCUT2D eigenvalue weighted by Crippen LogP contribution is 2.15. The van der Waals surface area contributed by atoms with Gasteiger partial charge in [-0.1, -0.05) is 30.3 Å². The summed E-state index contributed by atoms with van der Waals surface area (Å²) in [6, 6.07) is 11.5. The van der Waals surface area contributed by atoms with E-state index in [0.29, 0.717) is 25.3 Å². The molecule has 1 atom stereocenters. The number of likely N-dealkylation sites (tertiary alicyclic amines) is 1. The summed E-state index contributed by atoms with van der Waals surface area (Å²) in [7, 11) is 0. The molecule has 0 spiro atoms. The van der Waals surface area contributed by atoms with Gasteiger partial charge in [0.1, 0.15) is 12.4 Å². The summed E-state index contributed by atoms with van der Waals surface area (Å²) in [6.07, 6.45) is 3.92. The van der Waals surface area contributed by atoms with Crippen molar-refractivity contribution in [3.05, 3.63) is 60.1 Å². The average Bonchev–Trinajstić information content (AvgIpc) is 3.21. The number of carbonyl (C=O) groups is 2. The zero-order chi connectivity index (χ0) is 18.4. The topological polar surface area (TPSA) is 71.8 Å². The second kappa shape index (κ2) is 8.67. The van der Waals surface area contributed by atoms with Gasteiger partial charge in [0.2, 0.25) is 5.91 Å². The van der Waals surface area contributed by atoms with Crippen LogP contribution >= 0.6 is 0 Å². The number of hydrogen-bond acceptors (Lipinski definition) is 4. The van der Waals surface area contributed by atoms with Gasteiger partial charge >= 0.3 is 0 Å². The van der Waals surface area contributed by atoms with Gasteiger partial charge < -0.3 is 19.4 Å². The largest absolute Gasteiger partial charge is 0.472 e. The summed E-state index contributed by atoms with van der Waals surface area (Å²) in [5.41, 5.74) is 1.61. The quantitative estimate of drug-likeness (QED) is 0.864. The summed E-state index contributed by atoms with van der Waals surface area (Å²) in [6.45, 7) is 3.41. The maximum Gasteiger partial charge on any atom is 0.257 e. The fourth-order valence-corrected chi connectivity index (χ4v) is 2.99. The summed E-state index contributed by atoms with van der Waals surface area (Å²) in [5.74, 6) is -0.136. The van der Waals surface area contributed by atoms with Crippen LogP contribution in [-0.4, -0.2) is 41.9 Å². The third kappa shape index (κ3) is 4.73. The highest BCUT2D eigenvalue weighted by Gasteiger charge is 2.26. The summed E-state index contributed by atoms with van der Waals surface area (Å²) in [4.78, 5) is 26.4. The molecule has 1 fully saturated rings. The third-order valence-electron chi connectivity index (χ3n) is 4.61. The van der Waals surface area contributed by atoms with E-state index in [0.717, 1.165) is 18.4 Å². The molecule has 0 bridgehead atoms. The van der Waals surface area contributed by atoms with Gasteiger partial charge in [0.15, 0.2) is 0 Å². The van der Waals surface area contributed by atoms with Crippen LogP contribution in [0.15, 0.2) is 53.3 Å². The molecule has 0 radical (unpaired) electrons. The lowest BCUT2D eigenvalue weighted by Crippen LogP contribution is -2.48. The number of carbonyl (C=O) groups excluding carboxylic acids is 2. The van der Waals surface area contributed by atoms with Crippen molar-refractivity contribution < 1.29 is 18.7 Å². The molecule has 0 aliphatic carbocycles. The van der Waals surface area contributed by atoms with Crippen LogP contribution in [0.25, 0.3) is 0 Å². The molecule has 1 aromatic carbocycles. The van der Waals surface area contributed by atoms with Crippen LogP contribution in [0.5, 0.6) is 0 Å². The maximum atomic E-state index is 12.3. The van der Waals surface area contributed by atoms with Crippen molar-refractivity contribution in [3.63, 3.8) is 0 Å². The second-order valence-electron chi connectivity index (χ2n) is 6.53. The number of nitrogens with zero attached hydrogens (tertiary/aromatic N) is 1. The minimum absolute atomic E-state index is 0.0249. The molecule has 26 heavy (non-hydrogen) atoms. The van der Waals surface area contributed by atoms with Crippen molar-refractivity contribution in [2.24, 2.45) is 0 Å². The fourth-order valence-electron chi connectivity index (χ4n) is 2.99. The normalized spacial score (nSPS) is 16.3. The van der Waals surface area contributed by atoms with E-state index in [1.807, 2.05) is 30.3 Å². The van der Waals surface area contributed by atoms with Crippen LogP contribution in [0, 0.1) is 0 Å². The first-order valence-electron chi connectivity index (χ1n) is 8.91. The molecule has 2 aromatic rings. The van der Waals surface area contributed by atoms with Gasteiger partial charge in [0.05, 0.1) is 18.4 Å². The monoisotopic (exact) mass is 356 g/mol. The molecule has 1 saturated heterocycles. The van der Waals surface area contributed by atoms with Crippen molar-refractivity contribution in [1.82, 2.24) is 10.2 Å². The van der Waals surface area contributed by atoms with Crippen molar-refractivity contribution in [2.45, 2.75) is 38.5 Å². The summed E-state index contributed by atoms with van der Waals surface area (Å²) >= 11 is 0. The van der Waals surface area contributed by atoms with E-state index in [1.54, 1.807) is 17.9 Å². The van der Waals surface area contributed by atoms with Crippen LogP contribution in [0.1, 0.15) is 35.7 Å². The smallest absolute Gasteiger partial charge is 0.257 e. The highest BCUT2D eigenvalue weighted by molar-refractivity contribution is 5.93. The Bertz CT molecular complexity index is 707. The zero-order valence-electron chi connectivity index (χ0n) is 14.9. The fraction of sp³-hybridized carbons (Fsp3) is 0.400. The first-order valence-corrected chi connectivity index (χ1v) is 8.91. The second-order valence-corrected chi connectivity index (χ2v) is 6.53. The molecule has 1 unspecified atom stereocenters. The lowest BCUT2D eigenvalue weighted by Gasteiger charge is -2.32. The minimum atomic E-state index is -0.513. The average molecular weight is 356 g/mol. The summed E-state index contributed by atoms with van der Waals surface area (Å²) in [5, 5.41) is 3.03. The van der Waals surface area contributed by atoms with Gasteiger partial charge in [-0.3, -0.25) is 9.59 Å². The van der Waals surface area contributed by atoms with Crippen molar-refractivity contribution in [3.8, 4) is 0 Å². The molecule has 1 aliphatic rings. The first kappa shape index (κ1) is 18.2. The molecular formula is C20H24N2O4. The SMILES string of the molecule is CC(OCc1ccccc1)C(=O)NC1CCN(C(=O)c2ccoc2)CC1. The zero-order valence-corrected chi connectivity index (χ0v) is 14.9. The standard InChI is InChI=1S/C20H24N2O4/c1-15(26-13-16-5-3-2-4-6-16)19(23)21-18-7-10-22(11-8-18)20(24)17-9-12-25-14-17/h2-6,9,12,14-15,18H,7-8,10-11,13H2,1H3,(H,21,23). The Morgan fingerprint density at radius 3 is 2.62 bits per heavy atom. The van der Waals surface area contributed by atoms with Gasteiger partial charge in [0, 0.05) is 19.1 Å². The Kier molecular flexibility index (Phi) is 6.07.